The SMILES string of the molecule is CSc1ccc(-n2nc(C(F)(F)F)nc2-c2ccccc2)cc1. The van der Waals surface area contributed by atoms with E-state index in [9.17, 15) is 13.2 Å². The Hall–Kier alpha value is -2.28. The van der Waals surface area contributed by atoms with E-state index in [0.29, 0.717) is 11.3 Å². The Balaban J connectivity index is 2.15. The molecule has 0 amide bonds. The number of benzene rings is 2. The molecule has 3 nitrogen and oxygen atoms in total. The maximum absolute atomic E-state index is 13.0. The van der Waals surface area contributed by atoms with Crippen LogP contribution in [0.15, 0.2) is 59.5 Å². The fraction of sp³-hybridized carbons (Fsp3) is 0.125. The molecule has 23 heavy (non-hydrogen) atoms. The molecule has 0 aliphatic heterocycles. The van der Waals surface area contributed by atoms with Crippen molar-refractivity contribution in [3.05, 3.63) is 60.4 Å². The van der Waals surface area contributed by atoms with Gasteiger partial charge < -0.3 is 0 Å². The molecule has 0 saturated carbocycles. The van der Waals surface area contributed by atoms with Crippen LogP contribution in [0.25, 0.3) is 17.1 Å². The average molecular weight is 335 g/mol. The Morgan fingerprint density at radius 3 is 2.17 bits per heavy atom. The third-order valence-electron chi connectivity index (χ3n) is 3.21. The molecule has 3 rings (SSSR count). The van der Waals surface area contributed by atoms with Gasteiger partial charge >= 0.3 is 6.18 Å². The smallest absolute Gasteiger partial charge is 0.213 e. The molecule has 0 fully saturated rings. The number of alkyl halides is 3. The Kier molecular flexibility index (Phi) is 4.12. The van der Waals surface area contributed by atoms with Gasteiger partial charge in [0.15, 0.2) is 5.82 Å². The Bertz CT molecular complexity index is 796. The monoisotopic (exact) mass is 335 g/mol. The summed E-state index contributed by atoms with van der Waals surface area (Å²) in [6.07, 6.45) is -2.66. The van der Waals surface area contributed by atoms with Gasteiger partial charge in [-0.2, -0.15) is 13.2 Å². The van der Waals surface area contributed by atoms with E-state index in [4.69, 9.17) is 0 Å². The third-order valence-corrected chi connectivity index (χ3v) is 3.95. The highest BCUT2D eigenvalue weighted by molar-refractivity contribution is 7.98. The third kappa shape index (κ3) is 3.24. The van der Waals surface area contributed by atoms with Crippen molar-refractivity contribution in [2.24, 2.45) is 0 Å². The second kappa shape index (κ2) is 6.08. The molecule has 0 unspecified atom stereocenters. The molecule has 0 aliphatic carbocycles. The molecule has 0 radical (unpaired) electrons. The van der Waals surface area contributed by atoms with Crippen molar-refractivity contribution in [3.8, 4) is 17.1 Å². The number of aromatic nitrogens is 3. The Labute approximate surface area is 135 Å². The normalized spacial score (nSPS) is 11.7. The predicted molar refractivity (Wildman–Crippen MR) is 83.6 cm³/mol. The van der Waals surface area contributed by atoms with Gasteiger partial charge in [-0.05, 0) is 30.5 Å². The first-order valence-electron chi connectivity index (χ1n) is 6.73. The highest BCUT2D eigenvalue weighted by Crippen LogP contribution is 2.30. The maximum Gasteiger partial charge on any atom is 0.453 e. The number of rotatable bonds is 3. The zero-order valence-corrected chi connectivity index (χ0v) is 12.9. The Morgan fingerprint density at radius 2 is 1.61 bits per heavy atom. The van der Waals surface area contributed by atoms with E-state index in [-0.39, 0.29) is 5.82 Å². The van der Waals surface area contributed by atoms with Crippen LogP contribution < -0.4 is 0 Å². The fourth-order valence-electron chi connectivity index (χ4n) is 2.11. The molecule has 3 aromatic rings. The second-order valence-corrected chi connectivity index (χ2v) is 5.61. The van der Waals surface area contributed by atoms with Crippen molar-refractivity contribution in [2.75, 3.05) is 6.26 Å². The molecule has 2 aromatic carbocycles. The van der Waals surface area contributed by atoms with E-state index in [0.717, 1.165) is 4.90 Å². The summed E-state index contributed by atoms with van der Waals surface area (Å²) in [4.78, 5) is 4.71. The summed E-state index contributed by atoms with van der Waals surface area (Å²) in [5.74, 6) is -0.986. The minimum Gasteiger partial charge on any atom is -0.213 e. The molecular formula is C16H12F3N3S. The van der Waals surface area contributed by atoms with Crippen LogP contribution in [0.4, 0.5) is 13.2 Å². The van der Waals surface area contributed by atoms with Crippen LogP contribution in [0.3, 0.4) is 0 Å². The summed E-state index contributed by atoms with van der Waals surface area (Å²) >= 11 is 1.56. The average Bonchev–Trinajstić information content (AvgIpc) is 3.01. The summed E-state index contributed by atoms with van der Waals surface area (Å²) < 4.78 is 40.2. The van der Waals surface area contributed by atoms with Crippen molar-refractivity contribution < 1.29 is 13.2 Å². The fourth-order valence-corrected chi connectivity index (χ4v) is 2.52. The quantitative estimate of drug-likeness (QED) is 0.652. The molecule has 1 heterocycles. The topological polar surface area (TPSA) is 30.7 Å². The van der Waals surface area contributed by atoms with E-state index in [1.165, 1.54) is 4.68 Å². The number of nitrogens with zero attached hydrogens (tertiary/aromatic N) is 3. The van der Waals surface area contributed by atoms with Crippen molar-refractivity contribution in [3.63, 3.8) is 0 Å². The number of thioether (sulfide) groups is 1. The molecular weight excluding hydrogens is 323 g/mol. The van der Waals surface area contributed by atoms with Crippen LogP contribution in [0.1, 0.15) is 5.82 Å². The van der Waals surface area contributed by atoms with Crippen LogP contribution in [0, 0.1) is 0 Å². The highest BCUT2D eigenvalue weighted by Gasteiger charge is 2.37. The van der Waals surface area contributed by atoms with Gasteiger partial charge in [0.1, 0.15) is 0 Å². The number of hydrogen-bond acceptors (Lipinski definition) is 3. The molecule has 0 bridgehead atoms. The number of halogens is 3. The number of hydrogen-bond donors (Lipinski definition) is 0. The van der Waals surface area contributed by atoms with Crippen molar-refractivity contribution in [1.29, 1.82) is 0 Å². The summed E-state index contributed by atoms with van der Waals surface area (Å²) in [5.41, 5.74) is 1.11. The molecule has 0 spiro atoms. The van der Waals surface area contributed by atoms with E-state index in [1.54, 1.807) is 54.2 Å². The van der Waals surface area contributed by atoms with Crippen molar-refractivity contribution in [1.82, 2.24) is 14.8 Å². The molecule has 0 aliphatic rings. The lowest BCUT2D eigenvalue weighted by atomic mass is 10.2. The molecule has 1 aromatic heterocycles. The Morgan fingerprint density at radius 1 is 0.957 bits per heavy atom. The van der Waals surface area contributed by atoms with Gasteiger partial charge in [0, 0.05) is 10.5 Å². The molecule has 7 heteroatoms. The predicted octanol–water partition coefficient (Wildman–Crippen LogP) is 4.68. The maximum atomic E-state index is 13.0. The van der Waals surface area contributed by atoms with Gasteiger partial charge in [0.25, 0.3) is 5.82 Å². The second-order valence-electron chi connectivity index (χ2n) is 4.73. The summed E-state index contributed by atoms with van der Waals surface area (Å²) in [5, 5.41) is 3.66. The van der Waals surface area contributed by atoms with Crippen LogP contribution >= 0.6 is 11.8 Å². The van der Waals surface area contributed by atoms with Crippen LogP contribution in [0.2, 0.25) is 0 Å². The van der Waals surface area contributed by atoms with E-state index >= 15 is 0 Å². The lowest BCUT2D eigenvalue weighted by molar-refractivity contribution is -0.144. The van der Waals surface area contributed by atoms with Crippen LogP contribution in [0.5, 0.6) is 0 Å². The minimum atomic E-state index is -4.59. The lowest BCUT2D eigenvalue weighted by Crippen LogP contribution is -2.08. The molecule has 0 saturated heterocycles. The summed E-state index contributed by atoms with van der Waals surface area (Å²) in [6, 6.07) is 15.8. The first-order chi connectivity index (χ1) is 11.0. The summed E-state index contributed by atoms with van der Waals surface area (Å²) in [6.45, 7) is 0. The van der Waals surface area contributed by atoms with E-state index in [2.05, 4.69) is 10.1 Å². The van der Waals surface area contributed by atoms with Crippen LogP contribution in [-0.2, 0) is 6.18 Å². The molecule has 0 atom stereocenters. The summed E-state index contributed by atoms with van der Waals surface area (Å²) in [7, 11) is 0. The molecule has 118 valence electrons. The van der Waals surface area contributed by atoms with E-state index in [1.807, 2.05) is 18.4 Å². The first-order valence-corrected chi connectivity index (χ1v) is 7.95. The zero-order chi connectivity index (χ0) is 16.4. The van der Waals surface area contributed by atoms with Crippen molar-refractivity contribution in [2.45, 2.75) is 11.1 Å². The van der Waals surface area contributed by atoms with Crippen molar-refractivity contribution >= 4 is 11.8 Å². The largest absolute Gasteiger partial charge is 0.453 e. The van der Waals surface area contributed by atoms with Gasteiger partial charge in [0.05, 0.1) is 5.69 Å². The zero-order valence-electron chi connectivity index (χ0n) is 12.1. The van der Waals surface area contributed by atoms with Gasteiger partial charge in [0.2, 0.25) is 0 Å². The first kappa shape index (κ1) is 15.6. The van der Waals surface area contributed by atoms with Gasteiger partial charge in [-0.3, -0.25) is 0 Å². The van der Waals surface area contributed by atoms with Gasteiger partial charge in [-0.15, -0.1) is 16.9 Å². The standard InChI is InChI=1S/C16H12F3N3S/c1-23-13-9-7-12(8-10-13)22-14(11-5-3-2-4-6-11)20-15(21-22)16(17,18)19/h2-10H,1H3. The lowest BCUT2D eigenvalue weighted by Gasteiger charge is -2.06. The van der Waals surface area contributed by atoms with Crippen LogP contribution in [-0.4, -0.2) is 21.0 Å². The molecule has 0 N–H and O–H groups in total. The highest BCUT2D eigenvalue weighted by atomic mass is 32.2. The minimum absolute atomic E-state index is 0.162. The van der Waals surface area contributed by atoms with E-state index < -0.39 is 12.0 Å². The van der Waals surface area contributed by atoms with Gasteiger partial charge in [-0.1, -0.05) is 30.3 Å². The van der Waals surface area contributed by atoms with Gasteiger partial charge in [-0.25, -0.2) is 9.67 Å².